The minimum atomic E-state index is -4.11. The minimum absolute atomic E-state index is 0.0511. The first kappa shape index (κ1) is 30.1. The third-order valence-electron chi connectivity index (χ3n) is 7.12. The van der Waals surface area contributed by atoms with Gasteiger partial charge in [0.1, 0.15) is 12.6 Å². The number of sulfonamides is 1. The van der Waals surface area contributed by atoms with Gasteiger partial charge in [0.25, 0.3) is 10.0 Å². The molecule has 7 nitrogen and oxygen atoms in total. The van der Waals surface area contributed by atoms with Crippen LogP contribution in [0.3, 0.4) is 0 Å². The largest absolute Gasteiger partial charge is 0.352 e. The first-order chi connectivity index (χ1) is 19.2. The maximum absolute atomic E-state index is 14.0. The van der Waals surface area contributed by atoms with Crippen LogP contribution in [0, 0.1) is 0 Å². The molecule has 3 aromatic rings. The molecule has 1 aliphatic carbocycles. The van der Waals surface area contributed by atoms with Crippen LogP contribution in [-0.4, -0.2) is 43.8 Å². The lowest BCUT2D eigenvalue weighted by Gasteiger charge is -2.33. The van der Waals surface area contributed by atoms with Gasteiger partial charge in [-0.25, -0.2) is 8.42 Å². The Bertz CT molecular complexity index is 1430. The number of hydrogen-bond acceptors (Lipinski definition) is 4. The summed E-state index contributed by atoms with van der Waals surface area (Å²) in [6, 6.07) is 21.1. The van der Waals surface area contributed by atoms with Crippen LogP contribution in [0.2, 0.25) is 5.02 Å². The van der Waals surface area contributed by atoms with E-state index < -0.39 is 28.5 Å². The number of halogens is 2. The average Bonchev–Trinajstić information content (AvgIpc) is 2.96. The SMILES string of the molecule is C[C@H](C(=O)NC1CCCCC1)N(Cc1ccccc1Cl)C(=O)CN(c1cccc(Br)c1)S(=O)(=O)c1ccccc1. The number of hydrogen-bond donors (Lipinski definition) is 1. The van der Waals surface area contributed by atoms with Gasteiger partial charge in [-0.2, -0.15) is 0 Å². The maximum Gasteiger partial charge on any atom is 0.264 e. The highest BCUT2D eigenvalue weighted by Gasteiger charge is 2.33. The van der Waals surface area contributed by atoms with E-state index in [4.69, 9.17) is 11.6 Å². The summed E-state index contributed by atoms with van der Waals surface area (Å²) in [6.07, 6.45) is 5.08. The highest BCUT2D eigenvalue weighted by Crippen LogP contribution is 2.27. The zero-order chi connectivity index (χ0) is 28.7. The molecule has 1 N–H and O–H groups in total. The highest BCUT2D eigenvalue weighted by atomic mass is 79.9. The van der Waals surface area contributed by atoms with Crippen molar-refractivity contribution in [3.63, 3.8) is 0 Å². The molecule has 0 aromatic heterocycles. The summed E-state index contributed by atoms with van der Waals surface area (Å²) < 4.78 is 29.4. The minimum Gasteiger partial charge on any atom is -0.352 e. The Morgan fingerprint density at radius 2 is 1.65 bits per heavy atom. The molecule has 3 aromatic carbocycles. The van der Waals surface area contributed by atoms with Gasteiger partial charge >= 0.3 is 0 Å². The summed E-state index contributed by atoms with van der Waals surface area (Å²) in [5, 5.41) is 3.56. The van der Waals surface area contributed by atoms with Gasteiger partial charge in [-0.1, -0.05) is 89.3 Å². The summed E-state index contributed by atoms with van der Waals surface area (Å²) in [5.41, 5.74) is 0.985. The topological polar surface area (TPSA) is 86.8 Å². The molecule has 0 aliphatic heterocycles. The van der Waals surface area contributed by atoms with Crippen LogP contribution in [-0.2, 0) is 26.2 Å². The van der Waals surface area contributed by atoms with Gasteiger partial charge in [-0.3, -0.25) is 13.9 Å². The molecule has 212 valence electrons. The van der Waals surface area contributed by atoms with Crippen LogP contribution in [0.5, 0.6) is 0 Å². The molecule has 10 heteroatoms. The fraction of sp³-hybridized carbons (Fsp3) is 0.333. The number of benzene rings is 3. The van der Waals surface area contributed by atoms with Gasteiger partial charge < -0.3 is 10.2 Å². The standard InChI is InChI=1S/C30H33BrClN3O4S/c1-22(30(37)33-25-13-4-2-5-14-25)34(20-23-11-8-9-18-28(23)32)29(36)21-35(26-15-10-12-24(31)19-26)40(38,39)27-16-6-3-7-17-27/h3,6-12,15-19,22,25H,2,4-5,13-14,20-21H2,1H3,(H,33,37)/t22-/m1/s1. The summed E-state index contributed by atoms with van der Waals surface area (Å²) in [6.45, 7) is 1.22. The molecule has 4 rings (SSSR count). The van der Waals surface area contributed by atoms with Crippen LogP contribution in [0.15, 0.2) is 88.2 Å². The molecule has 0 heterocycles. The van der Waals surface area contributed by atoms with Crippen molar-refractivity contribution >= 4 is 55.1 Å². The van der Waals surface area contributed by atoms with E-state index in [0.29, 0.717) is 20.7 Å². The van der Waals surface area contributed by atoms with Crippen molar-refractivity contribution in [3.8, 4) is 0 Å². The van der Waals surface area contributed by atoms with E-state index in [1.807, 2.05) is 6.07 Å². The van der Waals surface area contributed by atoms with Crippen LogP contribution in [0.1, 0.15) is 44.6 Å². The van der Waals surface area contributed by atoms with Crippen LogP contribution in [0.4, 0.5) is 5.69 Å². The third-order valence-corrected chi connectivity index (χ3v) is 9.77. The number of nitrogens with zero attached hydrogens (tertiary/aromatic N) is 2. The number of nitrogens with one attached hydrogen (secondary N) is 1. The van der Waals surface area contributed by atoms with E-state index in [-0.39, 0.29) is 23.4 Å². The van der Waals surface area contributed by atoms with Crippen molar-refractivity contribution in [2.45, 2.75) is 62.6 Å². The van der Waals surface area contributed by atoms with Gasteiger partial charge in [0, 0.05) is 22.1 Å². The second-order valence-electron chi connectivity index (χ2n) is 9.94. The van der Waals surface area contributed by atoms with Crippen molar-refractivity contribution in [1.82, 2.24) is 10.2 Å². The molecule has 40 heavy (non-hydrogen) atoms. The van der Waals surface area contributed by atoms with E-state index in [1.165, 1.54) is 17.0 Å². The Balaban J connectivity index is 1.67. The summed E-state index contributed by atoms with van der Waals surface area (Å²) >= 11 is 9.84. The molecule has 1 atom stereocenters. The highest BCUT2D eigenvalue weighted by molar-refractivity contribution is 9.10. The zero-order valence-corrected chi connectivity index (χ0v) is 25.5. The summed E-state index contributed by atoms with van der Waals surface area (Å²) in [4.78, 5) is 28.9. The smallest absolute Gasteiger partial charge is 0.264 e. The lowest BCUT2D eigenvalue weighted by atomic mass is 9.95. The molecule has 0 bridgehead atoms. The lowest BCUT2D eigenvalue weighted by molar-refractivity contribution is -0.139. The van der Waals surface area contributed by atoms with Gasteiger partial charge in [-0.05, 0) is 61.7 Å². The van der Waals surface area contributed by atoms with Gasteiger partial charge in [-0.15, -0.1) is 0 Å². The molecule has 0 unspecified atom stereocenters. The molecular formula is C30H33BrClN3O4S. The Morgan fingerprint density at radius 3 is 2.33 bits per heavy atom. The van der Waals surface area contributed by atoms with Crippen molar-refractivity contribution < 1.29 is 18.0 Å². The van der Waals surface area contributed by atoms with Gasteiger partial charge in [0.05, 0.1) is 10.6 Å². The number of anilines is 1. The first-order valence-corrected chi connectivity index (χ1v) is 15.9. The molecular weight excluding hydrogens is 614 g/mol. The fourth-order valence-corrected chi connectivity index (χ4v) is 6.85. The molecule has 0 saturated heterocycles. The molecule has 1 saturated carbocycles. The second-order valence-corrected chi connectivity index (χ2v) is 13.1. The molecule has 1 aliphatic rings. The van der Waals surface area contributed by atoms with Crippen LogP contribution in [0.25, 0.3) is 0 Å². The molecule has 1 fully saturated rings. The monoisotopic (exact) mass is 645 g/mol. The van der Waals surface area contributed by atoms with Crippen molar-refractivity contribution in [1.29, 1.82) is 0 Å². The Kier molecular flexibility index (Phi) is 10.3. The predicted octanol–water partition coefficient (Wildman–Crippen LogP) is 6.16. The van der Waals surface area contributed by atoms with E-state index in [0.717, 1.165) is 36.4 Å². The number of amides is 2. The Morgan fingerprint density at radius 1 is 0.975 bits per heavy atom. The number of rotatable bonds is 10. The zero-order valence-electron chi connectivity index (χ0n) is 22.3. The molecule has 2 amide bonds. The first-order valence-electron chi connectivity index (χ1n) is 13.3. The van der Waals surface area contributed by atoms with E-state index in [2.05, 4.69) is 21.2 Å². The quantitative estimate of drug-likeness (QED) is 0.286. The molecule has 0 spiro atoms. The van der Waals surface area contributed by atoms with Gasteiger partial charge in [0.15, 0.2) is 0 Å². The van der Waals surface area contributed by atoms with E-state index in [1.54, 1.807) is 67.6 Å². The predicted molar refractivity (Wildman–Crippen MR) is 162 cm³/mol. The second kappa shape index (κ2) is 13.7. The van der Waals surface area contributed by atoms with Crippen molar-refractivity contribution in [3.05, 3.63) is 93.9 Å². The van der Waals surface area contributed by atoms with Crippen LogP contribution >= 0.6 is 27.5 Å². The lowest BCUT2D eigenvalue weighted by Crippen LogP contribution is -2.53. The maximum atomic E-state index is 14.0. The van der Waals surface area contributed by atoms with E-state index >= 15 is 0 Å². The fourth-order valence-electron chi connectivity index (χ4n) is 4.84. The van der Waals surface area contributed by atoms with Crippen LogP contribution < -0.4 is 9.62 Å². The normalized spacial score (nSPS) is 14.8. The van der Waals surface area contributed by atoms with Crippen molar-refractivity contribution in [2.24, 2.45) is 0 Å². The third kappa shape index (κ3) is 7.44. The number of carbonyl (C=O) groups is 2. The Hall–Kier alpha value is -2.88. The summed E-state index contributed by atoms with van der Waals surface area (Å²) in [5.74, 6) is -0.794. The number of carbonyl (C=O) groups excluding carboxylic acids is 2. The molecule has 0 radical (unpaired) electrons. The van der Waals surface area contributed by atoms with Gasteiger partial charge in [0.2, 0.25) is 11.8 Å². The Labute approximate surface area is 249 Å². The van der Waals surface area contributed by atoms with E-state index in [9.17, 15) is 18.0 Å². The summed E-state index contributed by atoms with van der Waals surface area (Å²) in [7, 11) is -4.11. The van der Waals surface area contributed by atoms with Crippen molar-refractivity contribution in [2.75, 3.05) is 10.8 Å². The average molecular weight is 647 g/mol.